The van der Waals surface area contributed by atoms with Crippen LogP contribution < -0.4 is 10.1 Å². The van der Waals surface area contributed by atoms with Gasteiger partial charge in [0.2, 0.25) is 0 Å². The lowest BCUT2D eigenvalue weighted by Crippen LogP contribution is -2.34. The zero-order chi connectivity index (χ0) is 13.5. The summed E-state index contributed by atoms with van der Waals surface area (Å²) in [5.74, 6) is 1.68. The highest BCUT2D eigenvalue weighted by Crippen LogP contribution is 2.25. The Hall–Kier alpha value is -1.02. The fraction of sp³-hybridized carbons (Fsp3) is 0.625. The molecule has 3 unspecified atom stereocenters. The first kappa shape index (κ1) is 15.0. The van der Waals surface area contributed by atoms with Crippen molar-refractivity contribution in [2.75, 3.05) is 6.61 Å². The van der Waals surface area contributed by atoms with Crippen molar-refractivity contribution in [1.82, 2.24) is 5.32 Å². The van der Waals surface area contributed by atoms with Gasteiger partial charge in [-0.25, -0.2) is 0 Å². The lowest BCUT2D eigenvalue weighted by molar-refractivity contribution is 0.322. The van der Waals surface area contributed by atoms with E-state index in [-0.39, 0.29) is 0 Å². The van der Waals surface area contributed by atoms with Gasteiger partial charge in [0.25, 0.3) is 0 Å². The summed E-state index contributed by atoms with van der Waals surface area (Å²) in [4.78, 5) is 0. The van der Waals surface area contributed by atoms with E-state index in [0.29, 0.717) is 24.6 Å². The van der Waals surface area contributed by atoms with Gasteiger partial charge in [-0.3, -0.25) is 0 Å². The van der Waals surface area contributed by atoms with E-state index in [0.717, 1.165) is 5.75 Å². The summed E-state index contributed by atoms with van der Waals surface area (Å²) in [5.41, 5.74) is 1.24. The van der Waals surface area contributed by atoms with Crippen LogP contribution in [-0.4, -0.2) is 12.6 Å². The number of rotatable bonds is 7. The van der Waals surface area contributed by atoms with Crippen LogP contribution in [0.25, 0.3) is 0 Å². The Balaban J connectivity index is 2.74. The van der Waals surface area contributed by atoms with Crippen LogP contribution in [0, 0.1) is 5.92 Å². The quantitative estimate of drug-likeness (QED) is 0.783. The van der Waals surface area contributed by atoms with Crippen molar-refractivity contribution in [2.45, 2.75) is 53.1 Å². The van der Waals surface area contributed by atoms with Gasteiger partial charge in [0.1, 0.15) is 5.75 Å². The molecule has 0 amide bonds. The van der Waals surface area contributed by atoms with Gasteiger partial charge in [-0.05, 0) is 32.8 Å². The van der Waals surface area contributed by atoms with Crippen molar-refractivity contribution in [3.05, 3.63) is 29.8 Å². The minimum atomic E-state index is 0.316. The number of hydrogen-bond donors (Lipinski definition) is 1. The molecule has 0 aliphatic rings. The molecule has 0 saturated carbocycles. The Kier molecular flexibility index (Phi) is 6.20. The van der Waals surface area contributed by atoms with Gasteiger partial charge in [-0.2, -0.15) is 0 Å². The summed E-state index contributed by atoms with van der Waals surface area (Å²) in [5, 5.41) is 3.67. The topological polar surface area (TPSA) is 21.3 Å². The highest BCUT2D eigenvalue weighted by Gasteiger charge is 2.16. The van der Waals surface area contributed by atoms with Gasteiger partial charge in [-0.1, -0.05) is 38.5 Å². The molecular weight excluding hydrogens is 222 g/mol. The van der Waals surface area contributed by atoms with E-state index in [1.54, 1.807) is 0 Å². The first-order valence-electron chi connectivity index (χ1n) is 7.07. The van der Waals surface area contributed by atoms with Crippen LogP contribution in [0.5, 0.6) is 5.75 Å². The number of ether oxygens (including phenoxy) is 1. The Bertz CT molecular complexity index is 351. The summed E-state index contributed by atoms with van der Waals surface area (Å²) in [7, 11) is 0. The van der Waals surface area contributed by atoms with E-state index in [4.69, 9.17) is 4.74 Å². The van der Waals surface area contributed by atoms with Gasteiger partial charge in [-0.15, -0.1) is 0 Å². The maximum atomic E-state index is 5.69. The standard InChI is InChI=1S/C16H27NO/c1-6-12(3)13(4)17-14(5)15-10-8-9-11-16(15)18-7-2/h8-14,17H,6-7H2,1-5H3. The molecule has 102 valence electrons. The molecule has 2 nitrogen and oxygen atoms in total. The molecule has 0 bridgehead atoms. The summed E-state index contributed by atoms with van der Waals surface area (Å²) in [6, 6.07) is 9.12. The van der Waals surface area contributed by atoms with Crippen LogP contribution in [0.3, 0.4) is 0 Å². The molecule has 1 aromatic rings. The highest BCUT2D eigenvalue weighted by atomic mass is 16.5. The molecule has 0 heterocycles. The molecule has 1 aromatic carbocycles. The van der Waals surface area contributed by atoms with Crippen molar-refractivity contribution in [3.8, 4) is 5.75 Å². The van der Waals surface area contributed by atoms with E-state index in [1.165, 1.54) is 12.0 Å². The van der Waals surface area contributed by atoms with Crippen molar-refractivity contribution in [2.24, 2.45) is 5.92 Å². The Morgan fingerprint density at radius 2 is 1.78 bits per heavy atom. The second-order valence-corrected chi connectivity index (χ2v) is 5.03. The molecule has 18 heavy (non-hydrogen) atoms. The second kappa shape index (κ2) is 7.42. The first-order chi connectivity index (χ1) is 8.60. The Morgan fingerprint density at radius 3 is 2.39 bits per heavy atom. The van der Waals surface area contributed by atoms with Crippen LogP contribution in [0.15, 0.2) is 24.3 Å². The summed E-state index contributed by atoms with van der Waals surface area (Å²) in [6.45, 7) is 11.7. The third-order valence-electron chi connectivity index (χ3n) is 3.70. The molecule has 0 aliphatic carbocycles. The van der Waals surface area contributed by atoms with E-state index in [2.05, 4.69) is 45.1 Å². The van der Waals surface area contributed by atoms with Gasteiger partial charge in [0, 0.05) is 17.6 Å². The van der Waals surface area contributed by atoms with Gasteiger partial charge < -0.3 is 10.1 Å². The van der Waals surface area contributed by atoms with Crippen LogP contribution in [0.4, 0.5) is 0 Å². The summed E-state index contributed by atoms with van der Waals surface area (Å²) >= 11 is 0. The maximum Gasteiger partial charge on any atom is 0.124 e. The molecular formula is C16H27NO. The minimum absolute atomic E-state index is 0.316. The third kappa shape index (κ3) is 4.02. The molecule has 1 rings (SSSR count). The van der Waals surface area contributed by atoms with E-state index >= 15 is 0 Å². The molecule has 0 spiro atoms. The highest BCUT2D eigenvalue weighted by molar-refractivity contribution is 5.35. The zero-order valence-electron chi connectivity index (χ0n) is 12.4. The van der Waals surface area contributed by atoms with Gasteiger partial charge in [0.05, 0.1) is 6.61 Å². The monoisotopic (exact) mass is 249 g/mol. The SMILES string of the molecule is CCOc1ccccc1C(C)NC(C)C(C)CC. The van der Waals surface area contributed by atoms with Crippen LogP contribution in [0.1, 0.15) is 52.6 Å². The first-order valence-corrected chi connectivity index (χ1v) is 7.07. The number of hydrogen-bond acceptors (Lipinski definition) is 2. The number of para-hydroxylation sites is 1. The average molecular weight is 249 g/mol. The maximum absolute atomic E-state index is 5.69. The summed E-state index contributed by atoms with van der Waals surface area (Å²) < 4.78 is 5.69. The smallest absolute Gasteiger partial charge is 0.124 e. The van der Waals surface area contributed by atoms with E-state index in [1.807, 2.05) is 19.1 Å². The fourth-order valence-corrected chi connectivity index (χ4v) is 2.13. The van der Waals surface area contributed by atoms with Crippen molar-refractivity contribution in [1.29, 1.82) is 0 Å². The molecule has 1 N–H and O–H groups in total. The van der Waals surface area contributed by atoms with Crippen molar-refractivity contribution in [3.63, 3.8) is 0 Å². The minimum Gasteiger partial charge on any atom is -0.494 e. The molecule has 0 aliphatic heterocycles. The Morgan fingerprint density at radius 1 is 1.11 bits per heavy atom. The fourth-order valence-electron chi connectivity index (χ4n) is 2.13. The van der Waals surface area contributed by atoms with Gasteiger partial charge in [0.15, 0.2) is 0 Å². The van der Waals surface area contributed by atoms with Crippen molar-refractivity contribution < 1.29 is 4.74 Å². The second-order valence-electron chi connectivity index (χ2n) is 5.03. The van der Waals surface area contributed by atoms with Crippen LogP contribution in [0.2, 0.25) is 0 Å². The lowest BCUT2D eigenvalue weighted by Gasteiger charge is -2.26. The van der Waals surface area contributed by atoms with Crippen LogP contribution in [-0.2, 0) is 0 Å². The van der Waals surface area contributed by atoms with Gasteiger partial charge >= 0.3 is 0 Å². The van der Waals surface area contributed by atoms with Crippen LogP contribution >= 0.6 is 0 Å². The normalized spacial score (nSPS) is 16.1. The predicted octanol–water partition coefficient (Wildman–Crippen LogP) is 4.17. The molecule has 0 fully saturated rings. The van der Waals surface area contributed by atoms with E-state index in [9.17, 15) is 0 Å². The largest absolute Gasteiger partial charge is 0.494 e. The molecule has 0 aromatic heterocycles. The van der Waals surface area contributed by atoms with E-state index < -0.39 is 0 Å². The predicted molar refractivity (Wildman–Crippen MR) is 78.1 cm³/mol. The number of benzene rings is 1. The number of nitrogens with one attached hydrogen (secondary N) is 1. The Labute approximate surface area is 112 Å². The molecule has 3 atom stereocenters. The average Bonchev–Trinajstić information content (AvgIpc) is 2.38. The summed E-state index contributed by atoms with van der Waals surface area (Å²) in [6.07, 6.45) is 1.20. The zero-order valence-corrected chi connectivity index (χ0v) is 12.4. The van der Waals surface area contributed by atoms with Crippen molar-refractivity contribution >= 4 is 0 Å². The molecule has 2 heteroatoms. The molecule has 0 saturated heterocycles. The lowest BCUT2D eigenvalue weighted by atomic mass is 9.98. The molecule has 0 radical (unpaired) electrons. The third-order valence-corrected chi connectivity index (χ3v) is 3.70.